The molecule has 3 heterocycles. The van der Waals surface area contributed by atoms with E-state index in [-0.39, 0.29) is 5.57 Å². The molecule has 0 aliphatic carbocycles. The number of hydrogen-bond donors (Lipinski definition) is 1. The Labute approximate surface area is 212 Å². The summed E-state index contributed by atoms with van der Waals surface area (Å²) < 4.78 is 7.35. The van der Waals surface area contributed by atoms with Gasteiger partial charge in [0.2, 0.25) is 0 Å². The predicted molar refractivity (Wildman–Crippen MR) is 141 cm³/mol. The SMILES string of the molecule is COc1ccc(-n2c(C)cc(/C=C(/C#N)C(=O)NCc3cccnc3N3CCN(C)CC3)c2C)cc1. The van der Waals surface area contributed by atoms with E-state index in [2.05, 4.69) is 37.8 Å². The maximum atomic E-state index is 13.0. The molecule has 4 rings (SSSR count). The van der Waals surface area contributed by atoms with Gasteiger partial charge in [0.25, 0.3) is 5.91 Å². The molecule has 186 valence electrons. The summed E-state index contributed by atoms with van der Waals surface area (Å²) in [5, 5.41) is 12.7. The fourth-order valence-corrected chi connectivity index (χ4v) is 4.51. The summed E-state index contributed by atoms with van der Waals surface area (Å²) in [6.45, 7) is 8.01. The van der Waals surface area contributed by atoms with Crippen LogP contribution >= 0.6 is 0 Å². The van der Waals surface area contributed by atoms with Gasteiger partial charge in [-0.2, -0.15) is 5.26 Å². The van der Waals surface area contributed by atoms with Crippen LogP contribution in [-0.4, -0.2) is 60.7 Å². The van der Waals surface area contributed by atoms with Crippen molar-refractivity contribution in [3.8, 4) is 17.5 Å². The van der Waals surface area contributed by atoms with Crippen LogP contribution in [0.5, 0.6) is 5.75 Å². The molecular formula is C28H32N6O2. The Hall–Kier alpha value is -4.09. The van der Waals surface area contributed by atoms with Gasteiger partial charge in [0, 0.05) is 61.6 Å². The van der Waals surface area contributed by atoms with Crippen molar-refractivity contribution in [1.29, 1.82) is 5.26 Å². The standard InChI is InChI=1S/C28H32N6O2/c1-20-16-23(21(2)34(20)25-7-9-26(36-4)10-8-25)17-24(18-29)28(35)31-19-22-6-5-11-30-27(22)33-14-12-32(3)13-15-33/h5-11,16-17H,12-15,19H2,1-4H3,(H,31,35)/b24-17-. The molecule has 8 nitrogen and oxygen atoms in total. The van der Waals surface area contributed by atoms with Crippen LogP contribution in [0.25, 0.3) is 11.8 Å². The Morgan fingerprint density at radius 3 is 2.56 bits per heavy atom. The lowest BCUT2D eigenvalue weighted by Crippen LogP contribution is -2.45. The number of benzene rings is 1. The first-order valence-corrected chi connectivity index (χ1v) is 12.0. The second-order valence-electron chi connectivity index (χ2n) is 8.99. The maximum Gasteiger partial charge on any atom is 0.262 e. The lowest BCUT2D eigenvalue weighted by Gasteiger charge is -2.34. The summed E-state index contributed by atoms with van der Waals surface area (Å²) in [5.74, 6) is 1.27. The summed E-state index contributed by atoms with van der Waals surface area (Å²) in [6, 6.07) is 15.7. The zero-order valence-corrected chi connectivity index (χ0v) is 21.3. The van der Waals surface area contributed by atoms with Gasteiger partial charge < -0.3 is 24.4 Å². The van der Waals surface area contributed by atoms with E-state index >= 15 is 0 Å². The van der Waals surface area contributed by atoms with Crippen LogP contribution in [0.1, 0.15) is 22.5 Å². The van der Waals surface area contributed by atoms with Gasteiger partial charge in [-0.1, -0.05) is 6.07 Å². The van der Waals surface area contributed by atoms with E-state index in [1.54, 1.807) is 19.4 Å². The number of nitriles is 1. The van der Waals surface area contributed by atoms with Crippen molar-refractivity contribution in [2.24, 2.45) is 0 Å². The number of likely N-dealkylation sites (N-methyl/N-ethyl adjacent to an activating group) is 1. The number of methoxy groups -OCH3 is 1. The highest BCUT2D eigenvalue weighted by molar-refractivity contribution is 6.01. The summed E-state index contributed by atoms with van der Waals surface area (Å²) in [5.41, 5.74) is 4.77. The van der Waals surface area contributed by atoms with Crippen molar-refractivity contribution >= 4 is 17.8 Å². The highest BCUT2D eigenvalue weighted by Gasteiger charge is 2.19. The van der Waals surface area contributed by atoms with Gasteiger partial charge in [-0.25, -0.2) is 4.98 Å². The molecule has 1 fully saturated rings. The molecular weight excluding hydrogens is 452 g/mol. The third-order valence-electron chi connectivity index (χ3n) is 6.58. The van der Waals surface area contributed by atoms with Crippen molar-refractivity contribution in [2.75, 3.05) is 45.2 Å². The van der Waals surface area contributed by atoms with Gasteiger partial charge in [-0.3, -0.25) is 4.79 Å². The van der Waals surface area contributed by atoms with Crippen LogP contribution in [0.3, 0.4) is 0 Å². The van der Waals surface area contributed by atoms with E-state index in [0.717, 1.165) is 65.9 Å². The van der Waals surface area contributed by atoms with Crippen LogP contribution in [0.4, 0.5) is 5.82 Å². The molecule has 36 heavy (non-hydrogen) atoms. The highest BCUT2D eigenvalue weighted by atomic mass is 16.5. The number of pyridine rings is 1. The minimum absolute atomic E-state index is 0.0648. The first-order chi connectivity index (χ1) is 17.4. The lowest BCUT2D eigenvalue weighted by molar-refractivity contribution is -0.117. The Balaban J connectivity index is 1.51. The van der Waals surface area contributed by atoms with Crippen LogP contribution < -0.4 is 15.0 Å². The van der Waals surface area contributed by atoms with E-state index in [1.165, 1.54) is 0 Å². The van der Waals surface area contributed by atoms with Gasteiger partial charge >= 0.3 is 0 Å². The first kappa shape index (κ1) is 25.0. The van der Waals surface area contributed by atoms with E-state index in [4.69, 9.17) is 4.74 Å². The molecule has 0 atom stereocenters. The topological polar surface area (TPSA) is 86.4 Å². The second kappa shape index (κ2) is 11.1. The average Bonchev–Trinajstić information content (AvgIpc) is 3.18. The maximum absolute atomic E-state index is 13.0. The van der Waals surface area contributed by atoms with E-state index in [9.17, 15) is 10.1 Å². The second-order valence-corrected chi connectivity index (χ2v) is 8.99. The zero-order chi connectivity index (χ0) is 25.7. The van der Waals surface area contributed by atoms with Crippen LogP contribution in [-0.2, 0) is 11.3 Å². The molecule has 0 saturated carbocycles. The molecule has 1 saturated heterocycles. The molecule has 1 aliphatic rings. The minimum Gasteiger partial charge on any atom is -0.497 e. The number of nitrogens with zero attached hydrogens (tertiary/aromatic N) is 5. The third-order valence-corrected chi connectivity index (χ3v) is 6.58. The molecule has 1 N–H and O–H groups in total. The molecule has 1 aromatic carbocycles. The Morgan fingerprint density at radius 1 is 1.17 bits per heavy atom. The summed E-state index contributed by atoms with van der Waals surface area (Å²) in [7, 11) is 3.75. The quantitative estimate of drug-likeness (QED) is 0.408. The van der Waals surface area contributed by atoms with Crippen LogP contribution in [0.15, 0.2) is 54.2 Å². The summed E-state index contributed by atoms with van der Waals surface area (Å²) in [6.07, 6.45) is 3.43. The van der Waals surface area contributed by atoms with Gasteiger partial charge in [-0.05, 0) is 68.9 Å². The van der Waals surface area contributed by atoms with E-state index < -0.39 is 5.91 Å². The molecule has 3 aromatic rings. The molecule has 0 spiro atoms. The lowest BCUT2D eigenvalue weighted by atomic mass is 10.1. The van der Waals surface area contributed by atoms with Crippen molar-refractivity contribution in [3.63, 3.8) is 0 Å². The minimum atomic E-state index is -0.403. The Kier molecular flexibility index (Phi) is 7.71. The molecule has 8 heteroatoms. The van der Waals surface area contributed by atoms with Gasteiger partial charge in [-0.15, -0.1) is 0 Å². The average molecular weight is 485 g/mol. The van der Waals surface area contributed by atoms with Gasteiger partial charge in [0.15, 0.2) is 0 Å². The Bertz CT molecular complexity index is 1290. The first-order valence-electron chi connectivity index (χ1n) is 12.0. The summed E-state index contributed by atoms with van der Waals surface area (Å²) >= 11 is 0. The monoisotopic (exact) mass is 484 g/mol. The number of amides is 1. The Morgan fingerprint density at radius 2 is 1.89 bits per heavy atom. The fourth-order valence-electron chi connectivity index (χ4n) is 4.51. The third kappa shape index (κ3) is 5.42. The number of aryl methyl sites for hydroxylation is 1. The fraction of sp³-hybridized carbons (Fsp3) is 0.321. The number of nitrogens with one attached hydrogen (secondary N) is 1. The number of aromatic nitrogens is 2. The van der Waals surface area contributed by atoms with Crippen LogP contribution in [0, 0.1) is 25.2 Å². The summed E-state index contributed by atoms with van der Waals surface area (Å²) in [4.78, 5) is 22.1. The smallest absolute Gasteiger partial charge is 0.262 e. The number of piperazine rings is 1. The number of anilines is 1. The van der Waals surface area contributed by atoms with E-state index in [0.29, 0.717) is 6.54 Å². The molecule has 0 bridgehead atoms. The number of ether oxygens (including phenoxy) is 1. The zero-order valence-electron chi connectivity index (χ0n) is 21.3. The number of hydrogen-bond acceptors (Lipinski definition) is 6. The predicted octanol–water partition coefficient (Wildman–Crippen LogP) is 3.47. The number of carbonyl (C=O) groups is 1. The normalized spacial score (nSPS) is 14.4. The van der Waals surface area contributed by atoms with Gasteiger partial charge in [0.1, 0.15) is 23.2 Å². The van der Waals surface area contributed by atoms with Crippen molar-refractivity contribution in [1.82, 2.24) is 19.8 Å². The largest absolute Gasteiger partial charge is 0.497 e. The van der Waals surface area contributed by atoms with Crippen molar-refractivity contribution < 1.29 is 9.53 Å². The number of carbonyl (C=O) groups excluding carboxylic acids is 1. The molecule has 1 amide bonds. The van der Waals surface area contributed by atoms with Crippen LogP contribution in [0.2, 0.25) is 0 Å². The van der Waals surface area contributed by atoms with Crippen molar-refractivity contribution in [2.45, 2.75) is 20.4 Å². The molecule has 2 aromatic heterocycles. The molecule has 0 radical (unpaired) electrons. The van der Waals surface area contributed by atoms with Gasteiger partial charge in [0.05, 0.1) is 7.11 Å². The van der Waals surface area contributed by atoms with E-state index in [1.807, 2.05) is 56.3 Å². The van der Waals surface area contributed by atoms with Crippen molar-refractivity contribution in [3.05, 3.63) is 76.7 Å². The molecule has 1 aliphatic heterocycles. The molecule has 0 unspecified atom stereocenters. The number of rotatable bonds is 7. The highest BCUT2D eigenvalue weighted by Crippen LogP contribution is 2.25.